The zero-order valence-corrected chi connectivity index (χ0v) is 14.5. The summed E-state index contributed by atoms with van der Waals surface area (Å²) in [5.74, 6) is -0.922. The summed E-state index contributed by atoms with van der Waals surface area (Å²) in [4.78, 5) is 26.5. The molecule has 2 aromatic rings. The Balaban J connectivity index is 2.22. The molecule has 5 heteroatoms. The van der Waals surface area contributed by atoms with Crippen molar-refractivity contribution in [2.45, 2.75) is 32.9 Å². The Morgan fingerprint density at radius 2 is 1.72 bits per heavy atom. The number of hydrogen-bond acceptors (Lipinski definition) is 2. The van der Waals surface area contributed by atoms with Crippen molar-refractivity contribution in [2.24, 2.45) is 0 Å². The van der Waals surface area contributed by atoms with E-state index in [0.717, 1.165) is 5.56 Å². The van der Waals surface area contributed by atoms with Gasteiger partial charge in [0.05, 0.1) is 6.42 Å². The van der Waals surface area contributed by atoms with E-state index < -0.39 is 11.9 Å². The molecule has 4 nitrogen and oxygen atoms in total. The van der Waals surface area contributed by atoms with Crippen LogP contribution in [0.5, 0.6) is 0 Å². The maximum Gasteiger partial charge on any atom is 0.242 e. The Hall–Kier alpha value is -2.69. The summed E-state index contributed by atoms with van der Waals surface area (Å²) < 4.78 is 13.9. The van der Waals surface area contributed by atoms with Gasteiger partial charge in [-0.1, -0.05) is 48.5 Å². The van der Waals surface area contributed by atoms with Gasteiger partial charge in [-0.3, -0.25) is 9.59 Å². The summed E-state index contributed by atoms with van der Waals surface area (Å²) in [7, 11) is 0. The van der Waals surface area contributed by atoms with Crippen LogP contribution in [-0.4, -0.2) is 29.3 Å². The second kappa shape index (κ2) is 8.97. The fourth-order valence-corrected chi connectivity index (χ4v) is 2.59. The van der Waals surface area contributed by atoms with Gasteiger partial charge in [0.1, 0.15) is 11.9 Å². The zero-order chi connectivity index (χ0) is 18.2. The van der Waals surface area contributed by atoms with E-state index in [4.69, 9.17) is 0 Å². The first kappa shape index (κ1) is 18.6. The summed E-state index contributed by atoms with van der Waals surface area (Å²) >= 11 is 0. The first-order valence-electron chi connectivity index (χ1n) is 8.37. The fourth-order valence-electron chi connectivity index (χ4n) is 2.59. The van der Waals surface area contributed by atoms with E-state index in [1.165, 1.54) is 11.0 Å². The molecule has 2 amide bonds. The van der Waals surface area contributed by atoms with Crippen molar-refractivity contribution in [3.05, 3.63) is 71.5 Å². The number of carbonyl (C=O) groups excluding carboxylic acids is 2. The van der Waals surface area contributed by atoms with E-state index in [2.05, 4.69) is 5.32 Å². The molecule has 0 heterocycles. The van der Waals surface area contributed by atoms with Gasteiger partial charge in [-0.25, -0.2) is 4.39 Å². The second-order valence-electron chi connectivity index (χ2n) is 5.85. The van der Waals surface area contributed by atoms with E-state index >= 15 is 0 Å². The van der Waals surface area contributed by atoms with Gasteiger partial charge in [0.25, 0.3) is 0 Å². The minimum Gasteiger partial charge on any atom is -0.355 e. The molecule has 0 bridgehead atoms. The van der Waals surface area contributed by atoms with Crippen LogP contribution in [-0.2, 0) is 22.6 Å². The van der Waals surface area contributed by atoms with Gasteiger partial charge in [-0.05, 0) is 31.0 Å². The Kier molecular flexibility index (Phi) is 6.69. The normalized spacial score (nSPS) is 11.6. The van der Waals surface area contributed by atoms with Crippen LogP contribution in [0.3, 0.4) is 0 Å². The number of amides is 2. The summed E-state index contributed by atoms with van der Waals surface area (Å²) in [5, 5.41) is 2.73. The van der Waals surface area contributed by atoms with Gasteiger partial charge in [0, 0.05) is 13.1 Å². The van der Waals surface area contributed by atoms with Crippen molar-refractivity contribution >= 4 is 11.8 Å². The van der Waals surface area contributed by atoms with Crippen LogP contribution in [0.1, 0.15) is 25.0 Å². The maximum absolute atomic E-state index is 13.9. The number of nitrogens with one attached hydrogen (secondary N) is 1. The highest BCUT2D eigenvalue weighted by Crippen LogP contribution is 2.14. The van der Waals surface area contributed by atoms with E-state index in [1.807, 2.05) is 37.3 Å². The van der Waals surface area contributed by atoms with Crippen LogP contribution < -0.4 is 5.32 Å². The predicted molar refractivity (Wildman–Crippen MR) is 95.2 cm³/mol. The van der Waals surface area contributed by atoms with Crippen LogP contribution in [0.15, 0.2) is 54.6 Å². The van der Waals surface area contributed by atoms with Crippen molar-refractivity contribution < 1.29 is 14.0 Å². The lowest BCUT2D eigenvalue weighted by molar-refractivity contribution is -0.140. The molecule has 0 aliphatic rings. The first-order valence-corrected chi connectivity index (χ1v) is 8.37. The average molecular weight is 342 g/mol. The van der Waals surface area contributed by atoms with Gasteiger partial charge in [0.15, 0.2) is 0 Å². The summed E-state index contributed by atoms with van der Waals surface area (Å²) in [6, 6.07) is 15.0. The number of nitrogens with zero attached hydrogens (tertiary/aromatic N) is 1. The molecule has 0 saturated carbocycles. The average Bonchev–Trinajstić information content (AvgIpc) is 2.62. The number of benzene rings is 2. The summed E-state index contributed by atoms with van der Waals surface area (Å²) in [6.45, 7) is 4.30. The molecular weight excluding hydrogens is 319 g/mol. The molecule has 0 spiro atoms. The van der Waals surface area contributed by atoms with Crippen molar-refractivity contribution in [1.82, 2.24) is 10.2 Å². The monoisotopic (exact) mass is 342 g/mol. The van der Waals surface area contributed by atoms with Gasteiger partial charge in [-0.2, -0.15) is 0 Å². The molecular formula is C20H23FN2O2. The van der Waals surface area contributed by atoms with Crippen LogP contribution in [0.25, 0.3) is 0 Å². The Labute approximate surface area is 147 Å². The molecule has 0 aliphatic carbocycles. The Morgan fingerprint density at radius 1 is 1.08 bits per heavy atom. The fraction of sp³-hybridized carbons (Fsp3) is 0.300. The number of halogens is 1. The highest BCUT2D eigenvalue weighted by molar-refractivity contribution is 5.88. The molecule has 0 fully saturated rings. The highest BCUT2D eigenvalue weighted by Gasteiger charge is 2.26. The smallest absolute Gasteiger partial charge is 0.242 e. The number of carbonyl (C=O) groups is 2. The van der Waals surface area contributed by atoms with E-state index in [0.29, 0.717) is 18.7 Å². The predicted octanol–water partition coefficient (Wildman–Crippen LogP) is 2.92. The van der Waals surface area contributed by atoms with Gasteiger partial charge in [-0.15, -0.1) is 0 Å². The Morgan fingerprint density at radius 3 is 2.36 bits per heavy atom. The summed E-state index contributed by atoms with van der Waals surface area (Å²) in [6.07, 6.45) is -0.0801. The van der Waals surface area contributed by atoms with Gasteiger partial charge < -0.3 is 10.2 Å². The van der Waals surface area contributed by atoms with E-state index in [-0.39, 0.29) is 18.2 Å². The zero-order valence-electron chi connectivity index (χ0n) is 14.5. The quantitative estimate of drug-likeness (QED) is 0.841. The lowest BCUT2D eigenvalue weighted by atomic mass is 10.1. The van der Waals surface area contributed by atoms with Crippen LogP contribution in [0.4, 0.5) is 4.39 Å². The lowest BCUT2D eigenvalue weighted by Crippen LogP contribution is -2.48. The van der Waals surface area contributed by atoms with Gasteiger partial charge in [0.2, 0.25) is 11.8 Å². The third kappa shape index (κ3) is 5.14. The highest BCUT2D eigenvalue weighted by atomic mass is 19.1. The molecule has 0 unspecified atom stereocenters. The molecule has 0 saturated heterocycles. The summed E-state index contributed by atoms with van der Waals surface area (Å²) in [5.41, 5.74) is 1.24. The third-order valence-corrected chi connectivity index (χ3v) is 4.01. The van der Waals surface area contributed by atoms with Crippen molar-refractivity contribution in [2.75, 3.05) is 6.54 Å². The van der Waals surface area contributed by atoms with Crippen molar-refractivity contribution in [1.29, 1.82) is 0 Å². The molecule has 132 valence electrons. The number of likely N-dealkylation sites (N-methyl/N-ethyl adjacent to an activating group) is 1. The van der Waals surface area contributed by atoms with Gasteiger partial charge >= 0.3 is 0 Å². The number of hydrogen-bond donors (Lipinski definition) is 1. The van der Waals surface area contributed by atoms with Crippen molar-refractivity contribution in [3.8, 4) is 0 Å². The topological polar surface area (TPSA) is 49.4 Å². The molecule has 0 aliphatic heterocycles. The maximum atomic E-state index is 13.9. The Bertz CT molecular complexity index is 719. The molecule has 2 aromatic carbocycles. The molecule has 25 heavy (non-hydrogen) atoms. The van der Waals surface area contributed by atoms with E-state index in [9.17, 15) is 14.0 Å². The molecule has 1 N–H and O–H groups in total. The minimum absolute atomic E-state index is 0.0801. The molecule has 1 atom stereocenters. The minimum atomic E-state index is -0.639. The molecule has 0 aromatic heterocycles. The SMILES string of the molecule is CCNC(=O)[C@@H](C)N(Cc1ccccc1)C(=O)Cc1ccccc1F. The van der Waals surface area contributed by atoms with Crippen LogP contribution in [0, 0.1) is 5.82 Å². The van der Waals surface area contributed by atoms with Crippen LogP contribution >= 0.6 is 0 Å². The van der Waals surface area contributed by atoms with Crippen LogP contribution in [0.2, 0.25) is 0 Å². The van der Waals surface area contributed by atoms with E-state index in [1.54, 1.807) is 25.1 Å². The third-order valence-electron chi connectivity index (χ3n) is 4.01. The second-order valence-corrected chi connectivity index (χ2v) is 5.85. The number of rotatable bonds is 7. The standard InChI is InChI=1S/C20H23FN2O2/c1-3-22-20(25)15(2)23(14-16-9-5-4-6-10-16)19(24)13-17-11-7-8-12-18(17)21/h4-12,15H,3,13-14H2,1-2H3,(H,22,25)/t15-/m1/s1. The largest absolute Gasteiger partial charge is 0.355 e. The molecule has 0 radical (unpaired) electrons. The lowest BCUT2D eigenvalue weighted by Gasteiger charge is -2.29. The molecule has 2 rings (SSSR count). The van der Waals surface area contributed by atoms with Crippen molar-refractivity contribution in [3.63, 3.8) is 0 Å². The first-order chi connectivity index (χ1) is 12.0.